The summed E-state index contributed by atoms with van der Waals surface area (Å²) in [4.78, 5) is 11.0. The summed E-state index contributed by atoms with van der Waals surface area (Å²) in [6.45, 7) is 1.81. The summed E-state index contributed by atoms with van der Waals surface area (Å²) in [7, 11) is 0. The van der Waals surface area contributed by atoms with Crippen LogP contribution in [0.2, 0.25) is 0 Å². The Balaban J connectivity index is 2.72. The van der Waals surface area contributed by atoms with Crippen LogP contribution < -0.4 is 4.74 Å². The molecule has 0 bridgehead atoms. The molecule has 1 aromatic carbocycles. The normalized spacial score (nSPS) is 9.93. The lowest BCUT2D eigenvalue weighted by Gasteiger charge is -2.03. The quantitative estimate of drug-likeness (QED) is 0.553. The van der Waals surface area contributed by atoms with Crippen molar-refractivity contribution in [2.75, 3.05) is 0 Å². The van der Waals surface area contributed by atoms with Gasteiger partial charge in [0.15, 0.2) is 11.6 Å². The molecule has 1 rings (SSSR count). The van der Waals surface area contributed by atoms with Gasteiger partial charge in [0.2, 0.25) is 0 Å². The zero-order valence-corrected chi connectivity index (χ0v) is 7.72. The van der Waals surface area contributed by atoms with Gasteiger partial charge in [0.25, 0.3) is 0 Å². The van der Waals surface area contributed by atoms with Gasteiger partial charge in [-0.2, -0.15) is 0 Å². The van der Waals surface area contributed by atoms with Gasteiger partial charge in [-0.1, -0.05) is 6.92 Å². The number of carbonyl (C=O) groups is 1. The predicted octanol–water partition coefficient (Wildman–Crippen LogP) is 2.67. The van der Waals surface area contributed by atoms with Crippen LogP contribution in [0.1, 0.15) is 19.8 Å². The lowest BCUT2D eigenvalue weighted by Crippen LogP contribution is -2.08. The van der Waals surface area contributed by atoms with Crippen molar-refractivity contribution >= 4 is 5.97 Å². The molecule has 0 atom stereocenters. The number of carbonyl (C=O) groups excluding carboxylic acids is 1. The third-order valence-electron chi connectivity index (χ3n) is 1.57. The molecule has 2 nitrogen and oxygen atoms in total. The van der Waals surface area contributed by atoms with Crippen molar-refractivity contribution in [1.82, 2.24) is 0 Å². The van der Waals surface area contributed by atoms with Gasteiger partial charge in [-0.15, -0.1) is 0 Å². The lowest BCUT2D eigenvalue weighted by atomic mass is 10.3. The molecule has 76 valence electrons. The summed E-state index contributed by atoms with van der Waals surface area (Å²) in [5.41, 5.74) is 0. The van der Waals surface area contributed by atoms with Crippen molar-refractivity contribution in [3.63, 3.8) is 0 Å². The van der Waals surface area contributed by atoms with Crippen LogP contribution in [0.15, 0.2) is 18.2 Å². The summed E-state index contributed by atoms with van der Waals surface area (Å²) in [5, 5.41) is 0. The molecule has 0 aliphatic rings. The van der Waals surface area contributed by atoms with Crippen molar-refractivity contribution in [2.24, 2.45) is 0 Å². The second-order valence-corrected chi connectivity index (χ2v) is 2.80. The molecule has 0 aromatic heterocycles. The molecular formula is C10H10F2O2. The maximum atomic E-state index is 12.9. The Hall–Kier alpha value is -1.45. The smallest absolute Gasteiger partial charge is 0.311 e. The third-order valence-corrected chi connectivity index (χ3v) is 1.57. The summed E-state index contributed by atoms with van der Waals surface area (Å²) < 4.78 is 30.0. The molecule has 1 aromatic rings. The van der Waals surface area contributed by atoms with Gasteiger partial charge < -0.3 is 4.74 Å². The molecular weight excluding hydrogens is 190 g/mol. The van der Waals surface area contributed by atoms with E-state index in [-0.39, 0.29) is 12.2 Å². The molecule has 0 saturated carbocycles. The van der Waals surface area contributed by atoms with Crippen LogP contribution in [0.5, 0.6) is 5.75 Å². The van der Waals surface area contributed by atoms with Gasteiger partial charge in [-0.25, -0.2) is 8.78 Å². The SMILES string of the molecule is CCCC(=O)Oc1ccc(F)cc1F. The zero-order chi connectivity index (χ0) is 10.6. The molecule has 0 aliphatic heterocycles. The third kappa shape index (κ3) is 2.80. The van der Waals surface area contributed by atoms with Crippen LogP contribution >= 0.6 is 0 Å². The Morgan fingerprint density at radius 1 is 1.43 bits per heavy atom. The van der Waals surface area contributed by atoms with Crippen molar-refractivity contribution < 1.29 is 18.3 Å². The molecule has 0 spiro atoms. The Bertz CT molecular complexity index is 337. The Labute approximate surface area is 80.5 Å². The van der Waals surface area contributed by atoms with E-state index < -0.39 is 17.6 Å². The number of rotatable bonds is 3. The van der Waals surface area contributed by atoms with Crippen LogP contribution in [0, 0.1) is 11.6 Å². The van der Waals surface area contributed by atoms with Crippen molar-refractivity contribution in [3.8, 4) is 5.75 Å². The fraction of sp³-hybridized carbons (Fsp3) is 0.300. The van der Waals surface area contributed by atoms with Gasteiger partial charge in [0.1, 0.15) is 5.82 Å². The number of esters is 1. The minimum Gasteiger partial charge on any atom is -0.423 e. The molecule has 0 fully saturated rings. The van der Waals surface area contributed by atoms with Crippen LogP contribution in [-0.4, -0.2) is 5.97 Å². The fourth-order valence-corrected chi connectivity index (χ4v) is 0.936. The van der Waals surface area contributed by atoms with E-state index in [1.807, 2.05) is 6.92 Å². The first-order valence-electron chi connectivity index (χ1n) is 4.29. The Morgan fingerprint density at radius 2 is 2.14 bits per heavy atom. The first kappa shape index (κ1) is 10.6. The van der Waals surface area contributed by atoms with E-state index in [2.05, 4.69) is 4.74 Å². The van der Waals surface area contributed by atoms with Gasteiger partial charge in [0, 0.05) is 12.5 Å². The molecule has 0 N–H and O–H groups in total. The number of hydrogen-bond donors (Lipinski definition) is 0. The van der Waals surface area contributed by atoms with Crippen LogP contribution in [0.4, 0.5) is 8.78 Å². The summed E-state index contributed by atoms with van der Waals surface area (Å²) >= 11 is 0. The van der Waals surface area contributed by atoms with E-state index >= 15 is 0 Å². The zero-order valence-electron chi connectivity index (χ0n) is 7.72. The molecule has 0 amide bonds. The maximum absolute atomic E-state index is 12.9. The highest BCUT2D eigenvalue weighted by molar-refractivity contribution is 5.72. The average Bonchev–Trinajstić information content (AvgIpc) is 2.10. The van der Waals surface area contributed by atoms with Crippen LogP contribution in [0.3, 0.4) is 0 Å². The number of halogens is 2. The van der Waals surface area contributed by atoms with Crippen LogP contribution in [0.25, 0.3) is 0 Å². The molecule has 4 heteroatoms. The van der Waals surface area contributed by atoms with E-state index in [0.29, 0.717) is 12.5 Å². The van der Waals surface area contributed by atoms with E-state index in [1.165, 1.54) is 0 Å². The molecule has 0 saturated heterocycles. The van der Waals surface area contributed by atoms with Crippen molar-refractivity contribution in [2.45, 2.75) is 19.8 Å². The number of benzene rings is 1. The first-order chi connectivity index (χ1) is 6.63. The largest absolute Gasteiger partial charge is 0.423 e. The minimum absolute atomic E-state index is 0.219. The highest BCUT2D eigenvalue weighted by atomic mass is 19.1. The highest BCUT2D eigenvalue weighted by Gasteiger charge is 2.08. The molecule has 0 radical (unpaired) electrons. The van der Waals surface area contributed by atoms with Crippen LogP contribution in [-0.2, 0) is 4.79 Å². The van der Waals surface area contributed by atoms with E-state index in [1.54, 1.807) is 0 Å². The van der Waals surface area contributed by atoms with E-state index in [0.717, 1.165) is 12.1 Å². The number of ether oxygens (including phenoxy) is 1. The van der Waals surface area contributed by atoms with Gasteiger partial charge >= 0.3 is 5.97 Å². The van der Waals surface area contributed by atoms with Crippen molar-refractivity contribution in [1.29, 1.82) is 0 Å². The average molecular weight is 200 g/mol. The topological polar surface area (TPSA) is 26.3 Å². The second-order valence-electron chi connectivity index (χ2n) is 2.80. The van der Waals surface area contributed by atoms with E-state index in [4.69, 9.17) is 0 Å². The predicted molar refractivity (Wildman–Crippen MR) is 46.9 cm³/mol. The van der Waals surface area contributed by atoms with Gasteiger partial charge in [-0.3, -0.25) is 4.79 Å². The fourth-order valence-electron chi connectivity index (χ4n) is 0.936. The monoisotopic (exact) mass is 200 g/mol. The Morgan fingerprint density at radius 3 is 2.71 bits per heavy atom. The molecule has 14 heavy (non-hydrogen) atoms. The summed E-state index contributed by atoms with van der Waals surface area (Å²) in [5.74, 6) is -2.31. The standard InChI is InChI=1S/C10H10F2O2/c1-2-3-10(13)14-9-5-4-7(11)6-8(9)12/h4-6H,2-3H2,1H3. The number of hydrogen-bond acceptors (Lipinski definition) is 2. The van der Waals surface area contributed by atoms with Crippen molar-refractivity contribution in [3.05, 3.63) is 29.8 Å². The van der Waals surface area contributed by atoms with Gasteiger partial charge in [0.05, 0.1) is 0 Å². The lowest BCUT2D eigenvalue weighted by molar-refractivity contribution is -0.134. The highest BCUT2D eigenvalue weighted by Crippen LogP contribution is 2.18. The molecule has 0 heterocycles. The summed E-state index contributed by atoms with van der Waals surface area (Å²) in [6, 6.07) is 2.81. The summed E-state index contributed by atoms with van der Waals surface area (Å²) in [6.07, 6.45) is 0.846. The Kier molecular flexibility index (Phi) is 3.56. The van der Waals surface area contributed by atoms with Gasteiger partial charge in [-0.05, 0) is 18.6 Å². The van der Waals surface area contributed by atoms with E-state index in [9.17, 15) is 13.6 Å². The molecule has 0 aliphatic carbocycles. The maximum Gasteiger partial charge on any atom is 0.311 e. The molecule has 0 unspecified atom stereocenters. The minimum atomic E-state index is -0.866. The second kappa shape index (κ2) is 4.69. The first-order valence-corrected chi connectivity index (χ1v) is 4.29.